The number of hydrogen-bond acceptors (Lipinski definition) is 11. The Hall–Kier alpha value is -4.33. The van der Waals surface area contributed by atoms with Crippen LogP contribution in [0.1, 0.15) is 70.9 Å². The van der Waals surface area contributed by atoms with Crippen LogP contribution in [0.15, 0.2) is 47.4 Å². The van der Waals surface area contributed by atoms with Gasteiger partial charge in [0, 0.05) is 50.4 Å². The second kappa shape index (κ2) is 15.7. The van der Waals surface area contributed by atoms with Crippen LogP contribution >= 0.6 is 0 Å². The van der Waals surface area contributed by atoms with E-state index >= 15 is 0 Å². The molecule has 5 unspecified atom stereocenters. The van der Waals surface area contributed by atoms with E-state index in [-0.39, 0.29) is 43.3 Å². The number of anilines is 1. The third-order valence-electron chi connectivity index (χ3n) is 11.8. The lowest BCUT2D eigenvalue weighted by Crippen LogP contribution is -2.58. The van der Waals surface area contributed by atoms with Gasteiger partial charge in [-0.2, -0.15) is 4.31 Å². The average molecular weight is 846 g/mol. The van der Waals surface area contributed by atoms with Crippen molar-refractivity contribution in [1.82, 2.24) is 29.5 Å². The monoisotopic (exact) mass is 845 g/mol. The first-order valence-corrected chi connectivity index (χ1v) is 22.8. The van der Waals surface area contributed by atoms with Gasteiger partial charge in [-0.1, -0.05) is 46.2 Å². The molecule has 0 radical (unpaired) electrons. The number of fused-ring (bicyclic) bond motifs is 1. The molecule has 58 heavy (non-hydrogen) atoms. The van der Waals surface area contributed by atoms with Crippen LogP contribution in [0.4, 0.5) is 14.9 Å². The number of carbonyl (C=O) groups is 4. The second-order valence-corrected chi connectivity index (χ2v) is 20.9. The van der Waals surface area contributed by atoms with Gasteiger partial charge < -0.3 is 25.6 Å². The lowest BCUT2D eigenvalue weighted by atomic mass is 9.85. The summed E-state index contributed by atoms with van der Waals surface area (Å²) in [5.74, 6) is -2.82. The number of hydrogen-bond donors (Lipinski definition) is 4. The van der Waals surface area contributed by atoms with Gasteiger partial charge >= 0.3 is 6.09 Å². The lowest BCUT2D eigenvalue weighted by molar-refractivity contribution is -0.141. The minimum absolute atomic E-state index is 0.00866. The maximum absolute atomic E-state index is 14.7. The van der Waals surface area contributed by atoms with Gasteiger partial charge in [-0.25, -0.2) is 26.0 Å². The van der Waals surface area contributed by atoms with Crippen molar-refractivity contribution in [1.29, 1.82) is 0 Å². The van der Waals surface area contributed by atoms with Crippen LogP contribution in [-0.4, -0.2) is 116 Å². The highest BCUT2D eigenvalue weighted by Crippen LogP contribution is 2.47. The van der Waals surface area contributed by atoms with E-state index in [0.29, 0.717) is 62.3 Å². The zero-order valence-electron chi connectivity index (χ0n) is 33.1. The zero-order chi connectivity index (χ0) is 41.8. The minimum Gasteiger partial charge on any atom is -0.444 e. The topological polar surface area (TPSA) is 204 Å². The molecule has 0 spiro atoms. The molecule has 2 aliphatic carbocycles. The van der Waals surface area contributed by atoms with E-state index < -0.39 is 84.1 Å². The normalized spacial score (nSPS) is 25.4. The number of likely N-dealkylation sites (tertiary alicyclic amines) is 1. The summed E-state index contributed by atoms with van der Waals surface area (Å²) in [5, 5.41) is 8.54. The van der Waals surface area contributed by atoms with Crippen LogP contribution in [0, 0.1) is 17.2 Å². The number of ether oxygens (including phenoxy) is 1. The Labute approximate surface area is 338 Å². The Bertz CT molecular complexity index is 2170. The van der Waals surface area contributed by atoms with Crippen molar-refractivity contribution >= 4 is 49.5 Å². The number of halogens is 1. The van der Waals surface area contributed by atoms with Gasteiger partial charge in [0.15, 0.2) is 0 Å². The Kier molecular flexibility index (Phi) is 11.3. The number of nitrogens with one attached hydrogen (secondary N) is 4. The molecule has 2 aromatic carbocycles. The molecular formula is C39H52FN7O9S2. The predicted molar refractivity (Wildman–Crippen MR) is 210 cm³/mol. The lowest BCUT2D eigenvalue weighted by Gasteiger charge is -2.36. The van der Waals surface area contributed by atoms with E-state index in [0.717, 1.165) is 0 Å². The first kappa shape index (κ1) is 41.8. The van der Waals surface area contributed by atoms with E-state index in [1.807, 2.05) is 27.7 Å². The SMILES string of the molecule is CCC1CC1(NC(=O)C1CC(OC(=O)N2Cc3cccc(F)c3C2)CN1C(=O)C(Nc1ccc(S(=O)(=O)N2CCNCC2)cc1)C(C)(C)C)C(=O)NS(=O)(=O)C1CC1. The molecule has 3 aliphatic heterocycles. The van der Waals surface area contributed by atoms with Gasteiger partial charge in [0.2, 0.25) is 31.9 Å². The fourth-order valence-electron chi connectivity index (χ4n) is 8.14. The molecule has 0 bridgehead atoms. The van der Waals surface area contributed by atoms with Crippen molar-refractivity contribution in [3.63, 3.8) is 0 Å². The van der Waals surface area contributed by atoms with E-state index in [4.69, 9.17) is 4.74 Å². The maximum Gasteiger partial charge on any atom is 0.410 e. The average Bonchev–Trinajstić information content (AvgIpc) is 4.07. The largest absolute Gasteiger partial charge is 0.444 e. The molecule has 7 rings (SSSR count). The third kappa shape index (κ3) is 8.40. The smallest absolute Gasteiger partial charge is 0.410 e. The molecule has 316 valence electrons. The number of benzene rings is 2. The van der Waals surface area contributed by atoms with Gasteiger partial charge in [0.1, 0.15) is 29.5 Å². The molecule has 16 nitrogen and oxygen atoms in total. The molecule has 19 heteroatoms. The van der Waals surface area contributed by atoms with Crippen LogP contribution < -0.4 is 20.7 Å². The predicted octanol–water partition coefficient (Wildman–Crippen LogP) is 2.26. The quantitative estimate of drug-likeness (QED) is 0.244. The molecule has 5 atom stereocenters. The van der Waals surface area contributed by atoms with Crippen molar-refractivity contribution in [2.75, 3.05) is 38.0 Å². The van der Waals surface area contributed by atoms with Crippen LogP contribution in [0.5, 0.6) is 0 Å². The highest BCUT2D eigenvalue weighted by Gasteiger charge is 2.62. The van der Waals surface area contributed by atoms with E-state index in [1.54, 1.807) is 24.3 Å². The van der Waals surface area contributed by atoms with Crippen molar-refractivity contribution in [3.05, 3.63) is 59.4 Å². The standard InChI is InChI=1S/C39H52FN7O9S2/c1-5-25-20-39(25,36(50)44-57(52,53)28-13-14-28)43-34(48)32-19-27(56-37(51)45-21-24-7-6-8-31(40)30(24)23-45)22-47(32)35(49)33(38(2,3)4)42-26-9-11-29(12-10-26)58(54,55)46-17-15-41-16-18-46/h6-12,25,27-28,32-33,41-42H,5,13-23H2,1-4H3,(H,43,48)(H,44,50). The Morgan fingerprint density at radius 2 is 1.69 bits per heavy atom. The van der Waals surface area contributed by atoms with Crippen molar-refractivity contribution < 1.29 is 45.1 Å². The van der Waals surface area contributed by atoms with Crippen LogP contribution in [0.25, 0.3) is 0 Å². The van der Waals surface area contributed by atoms with Gasteiger partial charge in [-0.05, 0) is 66.5 Å². The van der Waals surface area contributed by atoms with Gasteiger partial charge in [-0.3, -0.25) is 24.0 Å². The van der Waals surface area contributed by atoms with E-state index in [9.17, 15) is 40.4 Å². The summed E-state index contributed by atoms with van der Waals surface area (Å²) < 4.78 is 76.0. The summed E-state index contributed by atoms with van der Waals surface area (Å²) in [6.07, 6.45) is -0.252. The molecule has 3 heterocycles. The number of sulfonamides is 2. The molecule has 2 saturated heterocycles. The summed E-state index contributed by atoms with van der Waals surface area (Å²) in [6, 6.07) is 8.51. The summed E-state index contributed by atoms with van der Waals surface area (Å²) in [5.41, 5.74) is -0.792. The molecule has 2 saturated carbocycles. The van der Waals surface area contributed by atoms with Gasteiger partial charge in [0.05, 0.1) is 23.2 Å². The highest BCUT2D eigenvalue weighted by atomic mass is 32.2. The van der Waals surface area contributed by atoms with Gasteiger partial charge in [0.25, 0.3) is 5.91 Å². The maximum atomic E-state index is 14.7. The molecule has 4 amide bonds. The van der Waals surface area contributed by atoms with Crippen molar-refractivity contribution in [2.24, 2.45) is 11.3 Å². The summed E-state index contributed by atoms with van der Waals surface area (Å²) in [6.45, 7) is 9.03. The van der Waals surface area contributed by atoms with Crippen LogP contribution in [0.2, 0.25) is 0 Å². The first-order chi connectivity index (χ1) is 27.3. The molecule has 2 aromatic rings. The summed E-state index contributed by atoms with van der Waals surface area (Å²) >= 11 is 0. The Balaban J connectivity index is 1.12. The molecule has 4 fully saturated rings. The second-order valence-electron chi connectivity index (χ2n) is 17.0. The Morgan fingerprint density at radius 3 is 2.29 bits per heavy atom. The zero-order valence-corrected chi connectivity index (χ0v) is 34.8. The van der Waals surface area contributed by atoms with Crippen molar-refractivity contribution in [3.8, 4) is 0 Å². The fraction of sp³-hybridized carbons (Fsp3) is 0.590. The summed E-state index contributed by atoms with van der Waals surface area (Å²) in [7, 11) is -7.65. The number of rotatable bonds is 12. The Morgan fingerprint density at radius 1 is 1.00 bits per heavy atom. The van der Waals surface area contributed by atoms with E-state index in [1.165, 1.54) is 32.3 Å². The molecule has 5 aliphatic rings. The molecule has 0 aromatic heterocycles. The van der Waals surface area contributed by atoms with Gasteiger partial charge in [-0.15, -0.1) is 0 Å². The van der Waals surface area contributed by atoms with Crippen LogP contribution in [0.3, 0.4) is 0 Å². The highest BCUT2D eigenvalue weighted by molar-refractivity contribution is 7.91. The number of amides is 4. The van der Waals surface area contributed by atoms with Crippen molar-refractivity contribution in [2.45, 2.75) is 107 Å². The van der Waals surface area contributed by atoms with E-state index in [2.05, 4.69) is 20.7 Å². The minimum atomic E-state index is -3.91. The van der Waals surface area contributed by atoms with Crippen LogP contribution in [-0.2, 0) is 52.3 Å². The summed E-state index contributed by atoms with van der Waals surface area (Å²) in [4.78, 5) is 58.9. The first-order valence-electron chi connectivity index (χ1n) is 19.8. The number of piperazine rings is 1. The fourth-order valence-corrected chi connectivity index (χ4v) is 10.9. The molecule has 4 N–H and O–H groups in total. The number of carbonyl (C=O) groups excluding carboxylic acids is 4. The molecular weight excluding hydrogens is 794 g/mol. The third-order valence-corrected chi connectivity index (χ3v) is 15.6. The number of nitrogens with zero attached hydrogens (tertiary/aromatic N) is 3.